The van der Waals surface area contributed by atoms with Crippen molar-refractivity contribution in [1.82, 2.24) is 15.0 Å². The lowest BCUT2D eigenvalue weighted by atomic mass is 9.86. The van der Waals surface area contributed by atoms with Crippen molar-refractivity contribution >= 4 is 12.0 Å². The number of amides is 2. The molecule has 2 amide bonds. The number of aromatic nitrogens is 2. The molecule has 1 N–H and O–H groups in total. The van der Waals surface area contributed by atoms with E-state index in [0.29, 0.717) is 17.7 Å². The summed E-state index contributed by atoms with van der Waals surface area (Å²) in [5.74, 6) is 1.72. The highest BCUT2D eigenvalue weighted by Crippen LogP contribution is 2.32. The van der Waals surface area contributed by atoms with Gasteiger partial charge < -0.3 is 9.42 Å². The van der Waals surface area contributed by atoms with Crippen LogP contribution in [0.1, 0.15) is 18.7 Å². The fourth-order valence-corrected chi connectivity index (χ4v) is 2.70. The molecule has 6 heteroatoms. The summed E-state index contributed by atoms with van der Waals surface area (Å²) in [4.78, 5) is 17.8. The molecule has 0 bridgehead atoms. The number of urea groups is 1. The largest absolute Gasteiger partial charge is 0.329 e. The highest BCUT2D eigenvalue weighted by atomic mass is 16.5. The molecule has 0 radical (unpaired) electrons. The molecule has 0 spiro atoms. The van der Waals surface area contributed by atoms with Crippen LogP contribution in [0.15, 0.2) is 16.7 Å². The second-order valence-corrected chi connectivity index (χ2v) is 4.94. The van der Waals surface area contributed by atoms with Gasteiger partial charge in [-0.3, -0.25) is 5.32 Å². The molecule has 1 saturated heterocycles. The van der Waals surface area contributed by atoms with E-state index in [4.69, 9.17) is 4.52 Å². The van der Waals surface area contributed by atoms with Gasteiger partial charge in [0.25, 0.3) is 0 Å². The lowest BCUT2D eigenvalue weighted by Gasteiger charge is -2.17. The Morgan fingerprint density at radius 3 is 2.61 bits per heavy atom. The molecule has 2 atom stereocenters. The number of likely N-dealkylation sites (tertiary alicyclic amines) is 1. The van der Waals surface area contributed by atoms with Crippen LogP contribution in [-0.2, 0) is 0 Å². The van der Waals surface area contributed by atoms with Crippen LogP contribution in [0.5, 0.6) is 0 Å². The Bertz CT molecular complexity index is 466. The first-order chi connectivity index (χ1) is 8.72. The Kier molecular flexibility index (Phi) is 2.77. The van der Waals surface area contributed by atoms with E-state index in [1.54, 1.807) is 6.92 Å². The zero-order chi connectivity index (χ0) is 12.5. The first-order valence-electron chi connectivity index (χ1n) is 6.23. The number of nitrogens with one attached hydrogen (secondary N) is 1. The number of fused-ring (bicyclic) bond motifs is 1. The minimum Gasteiger partial charge on any atom is -0.324 e. The SMILES string of the molecule is Cc1noc(NC(=O)N2C[C@H]3CC=CC[C@H]3C2)n1. The molecular formula is C12H16N4O2. The maximum Gasteiger partial charge on any atom is 0.329 e. The van der Waals surface area contributed by atoms with Crippen LogP contribution in [0.2, 0.25) is 0 Å². The maximum absolute atomic E-state index is 12.0. The molecule has 1 aliphatic carbocycles. The average Bonchev–Trinajstić information content (AvgIpc) is 2.95. The van der Waals surface area contributed by atoms with Crippen LogP contribution in [0.25, 0.3) is 0 Å². The third-order valence-corrected chi connectivity index (χ3v) is 3.65. The molecule has 1 aromatic heterocycles. The minimum absolute atomic E-state index is 0.145. The Hall–Kier alpha value is -1.85. The molecule has 3 rings (SSSR count). The summed E-state index contributed by atoms with van der Waals surface area (Å²) < 4.78 is 4.88. The number of allylic oxidation sites excluding steroid dienone is 2. The molecule has 18 heavy (non-hydrogen) atoms. The van der Waals surface area contributed by atoms with Crippen LogP contribution in [0, 0.1) is 18.8 Å². The standard InChI is InChI=1S/C12H16N4O2/c1-8-13-11(18-15-8)14-12(17)16-6-9-4-2-3-5-10(9)7-16/h2-3,9-10H,4-7H2,1H3,(H,13,14,15,17)/t9-,10+. The minimum atomic E-state index is -0.145. The van der Waals surface area contributed by atoms with Crippen molar-refractivity contribution in [1.29, 1.82) is 0 Å². The Morgan fingerprint density at radius 1 is 1.39 bits per heavy atom. The van der Waals surface area contributed by atoms with Gasteiger partial charge in [-0.25, -0.2) is 4.79 Å². The molecular weight excluding hydrogens is 232 g/mol. The molecule has 1 fully saturated rings. The van der Waals surface area contributed by atoms with Crippen molar-refractivity contribution in [2.75, 3.05) is 18.4 Å². The number of rotatable bonds is 1. The van der Waals surface area contributed by atoms with Crippen molar-refractivity contribution in [2.24, 2.45) is 11.8 Å². The van der Waals surface area contributed by atoms with E-state index >= 15 is 0 Å². The second kappa shape index (κ2) is 4.44. The van der Waals surface area contributed by atoms with E-state index in [0.717, 1.165) is 25.9 Å². The van der Waals surface area contributed by atoms with Crippen LogP contribution in [0.3, 0.4) is 0 Å². The average molecular weight is 248 g/mol. The van der Waals surface area contributed by atoms with Crippen molar-refractivity contribution in [3.63, 3.8) is 0 Å². The number of nitrogens with zero attached hydrogens (tertiary/aromatic N) is 3. The number of hydrogen-bond donors (Lipinski definition) is 1. The van der Waals surface area contributed by atoms with Crippen molar-refractivity contribution in [3.8, 4) is 0 Å². The van der Waals surface area contributed by atoms with Gasteiger partial charge in [0.05, 0.1) is 0 Å². The molecule has 0 unspecified atom stereocenters. The van der Waals surface area contributed by atoms with Crippen molar-refractivity contribution in [3.05, 3.63) is 18.0 Å². The zero-order valence-electron chi connectivity index (χ0n) is 10.3. The first kappa shape index (κ1) is 11.3. The predicted molar refractivity (Wildman–Crippen MR) is 65.0 cm³/mol. The van der Waals surface area contributed by atoms with Gasteiger partial charge in [-0.15, -0.1) is 0 Å². The van der Waals surface area contributed by atoms with Crippen LogP contribution < -0.4 is 5.32 Å². The van der Waals surface area contributed by atoms with Crippen molar-refractivity contribution < 1.29 is 9.32 Å². The van der Waals surface area contributed by atoms with Gasteiger partial charge in [-0.1, -0.05) is 17.3 Å². The van der Waals surface area contributed by atoms with Gasteiger partial charge in [-0.05, 0) is 31.6 Å². The molecule has 1 aromatic rings. The van der Waals surface area contributed by atoms with E-state index in [1.165, 1.54) is 0 Å². The molecule has 1 aliphatic heterocycles. The van der Waals surface area contributed by atoms with E-state index < -0.39 is 0 Å². The number of carbonyl (C=O) groups is 1. The number of anilines is 1. The summed E-state index contributed by atoms with van der Waals surface area (Å²) >= 11 is 0. The van der Waals surface area contributed by atoms with E-state index in [2.05, 4.69) is 27.6 Å². The van der Waals surface area contributed by atoms with Gasteiger partial charge in [0.15, 0.2) is 5.82 Å². The predicted octanol–water partition coefficient (Wildman–Crippen LogP) is 1.81. The number of carbonyl (C=O) groups excluding carboxylic acids is 1. The maximum atomic E-state index is 12.0. The molecule has 2 aliphatic rings. The van der Waals surface area contributed by atoms with E-state index in [9.17, 15) is 4.79 Å². The van der Waals surface area contributed by atoms with Crippen LogP contribution in [0.4, 0.5) is 10.8 Å². The second-order valence-electron chi connectivity index (χ2n) is 4.94. The topological polar surface area (TPSA) is 71.3 Å². The van der Waals surface area contributed by atoms with Gasteiger partial charge in [0, 0.05) is 13.1 Å². The molecule has 0 aromatic carbocycles. The van der Waals surface area contributed by atoms with Gasteiger partial charge in [0.1, 0.15) is 0 Å². The first-order valence-corrected chi connectivity index (χ1v) is 6.23. The zero-order valence-corrected chi connectivity index (χ0v) is 10.3. The third kappa shape index (κ3) is 2.10. The van der Waals surface area contributed by atoms with Crippen LogP contribution >= 0.6 is 0 Å². The van der Waals surface area contributed by atoms with Gasteiger partial charge >= 0.3 is 12.0 Å². The highest BCUT2D eigenvalue weighted by Gasteiger charge is 2.35. The molecule has 96 valence electrons. The summed E-state index contributed by atoms with van der Waals surface area (Å²) in [5, 5.41) is 6.28. The van der Waals surface area contributed by atoms with Gasteiger partial charge in [-0.2, -0.15) is 4.98 Å². The fraction of sp³-hybridized carbons (Fsp3) is 0.583. The summed E-state index contributed by atoms with van der Waals surface area (Å²) in [5.41, 5.74) is 0. The number of hydrogen-bond acceptors (Lipinski definition) is 4. The monoisotopic (exact) mass is 248 g/mol. The Labute approximate surface area is 105 Å². The molecule has 0 saturated carbocycles. The lowest BCUT2D eigenvalue weighted by molar-refractivity contribution is 0.219. The quantitative estimate of drug-likeness (QED) is 0.769. The summed E-state index contributed by atoms with van der Waals surface area (Å²) in [6, 6.07) is 0.0264. The van der Waals surface area contributed by atoms with E-state index in [1.807, 2.05) is 4.90 Å². The smallest absolute Gasteiger partial charge is 0.324 e. The highest BCUT2D eigenvalue weighted by molar-refractivity contribution is 5.87. The Balaban J connectivity index is 1.61. The molecule has 6 nitrogen and oxygen atoms in total. The third-order valence-electron chi connectivity index (χ3n) is 3.65. The van der Waals surface area contributed by atoms with E-state index in [-0.39, 0.29) is 12.0 Å². The Morgan fingerprint density at radius 2 is 2.06 bits per heavy atom. The number of aryl methyl sites for hydroxylation is 1. The van der Waals surface area contributed by atoms with Crippen molar-refractivity contribution in [2.45, 2.75) is 19.8 Å². The molecule has 2 heterocycles. The summed E-state index contributed by atoms with van der Waals surface area (Å²) in [6.07, 6.45) is 6.58. The lowest BCUT2D eigenvalue weighted by Crippen LogP contribution is -2.33. The summed E-state index contributed by atoms with van der Waals surface area (Å²) in [6.45, 7) is 3.34. The van der Waals surface area contributed by atoms with Crippen LogP contribution in [-0.4, -0.2) is 34.2 Å². The fourth-order valence-electron chi connectivity index (χ4n) is 2.70. The summed E-state index contributed by atoms with van der Waals surface area (Å²) in [7, 11) is 0. The normalized spacial score (nSPS) is 26.2. The van der Waals surface area contributed by atoms with Gasteiger partial charge in [0.2, 0.25) is 0 Å².